The van der Waals surface area contributed by atoms with Crippen LogP contribution in [0.2, 0.25) is 10.0 Å². The summed E-state index contributed by atoms with van der Waals surface area (Å²) in [6.45, 7) is 0.596. The van der Waals surface area contributed by atoms with Crippen LogP contribution in [0.1, 0.15) is 11.1 Å². The first kappa shape index (κ1) is 16.5. The Balaban J connectivity index is 2.02. The SMILES string of the molecule is COc1cc(Cl)c(/C=N\NCc2ccc(Cl)cc2)cc1OC. The number of nitrogens with zero attached hydrogens (tertiary/aromatic N) is 1. The minimum absolute atomic E-state index is 0.537. The molecule has 22 heavy (non-hydrogen) atoms. The normalized spacial score (nSPS) is 10.7. The molecule has 0 aliphatic rings. The van der Waals surface area contributed by atoms with Crippen LogP contribution in [-0.4, -0.2) is 20.4 Å². The van der Waals surface area contributed by atoms with Gasteiger partial charge in [0.05, 0.1) is 32.0 Å². The number of halogens is 2. The zero-order chi connectivity index (χ0) is 15.9. The molecule has 116 valence electrons. The standard InChI is InChI=1S/C16H16Cl2N2O2/c1-21-15-7-12(14(18)8-16(15)22-2)10-20-19-9-11-3-5-13(17)6-4-11/h3-8,10,19H,9H2,1-2H3/b20-10-. The number of hydrogen-bond acceptors (Lipinski definition) is 4. The van der Waals surface area contributed by atoms with Crippen LogP contribution in [-0.2, 0) is 6.54 Å². The first-order chi connectivity index (χ1) is 10.6. The van der Waals surface area contributed by atoms with E-state index in [0.717, 1.165) is 11.1 Å². The van der Waals surface area contributed by atoms with Crippen molar-refractivity contribution in [2.24, 2.45) is 5.10 Å². The number of rotatable bonds is 6. The van der Waals surface area contributed by atoms with Gasteiger partial charge in [-0.3, -0.25) is 0 Å². The molecule has 4 nitrogen and oxygen atoms in total. The Morgan fingerprint density at radius 1 is 1.05 bits per heavy atom. The van der Waals surface area contributed by atoms with Crippen molar-refractivity contribution in [3.63, 3.8) is 0 Å². The molecule has 0 heterocycles. The number of methoxy groups -OCH3 is 2. The minimum atomic E-state index is 0.537. The van der Waals surface area contributed by atoms with Crippen LogP contribution < -0.4 is 14.9 Å². The van der Waals surface area contributed by atoms with Gasteiger partial charge in [0, 0.05) is 16.7 Å². The van der Waals surface area contributed by atoms with Crippen molar-refractivity contribution in [1.82, 2.24) is 5.43 Å². The van der Waals surface area contributed by atoms with Gasteiger partial charge in [-0.25, -0.2) is 0 Å². The Morgan fingerprint density at radius 2 is 1.68 bits per heavy atom. The highest BCUT2D eigenvalue weighted by Gasteiger charge is 2.08. The van der Waals surface area contributed by atoms with E-state index in [1.54, 1.807) is 32.6 Å². The second-order valence-electron chi connectivity index (χ2n) is 4.45. The summed E-state index contributed by atoms with van der Waals surface area (Å²) in [5.41, 5.74) is 4.78. The zero-order valence-corrected chi connectivity index (χ0v) is 13.8. The van der Waals surface area contributed by atoms with Gasteiger partial charge in [0.2, 0.25) is 0 Å². The molecule has 0 amide bonds. The summed E-state index contributed by atoms with van der Waals surface area (Å²) in [5.74, 6) is 1.19. The number of benzene rings is 2. The molecule has 0 saturated heterocycles. The van der Waals surface area contributed by atoms with Crippen molar-refractivity contribution in [1.29, 1.82) is 0 Å². The lowest BCUT2D eigenvalue weighted by Gasteiger charge is -2.09. The molecule has 2 aromatic rings. The minimum Gasteiger partial charge on any atom is -0.493 e. The summed E-state index contributed by atoms with van der Waals surface area (Å²) in [7, 11) is 3.14. The molecule has 0 aliphatic carbocycles. The largest absolute Gasteiger partial charge is 0.493 e. The van der Waals surface area contributed by atoms with Crippen LogP contribution in [0, 0.1) is 0 Å². The van der Waals surface area contributed by atoms with Gasteiger partial charge < -0.3 is 14.9 Å². The average Bonchev–Trinajstić information content (AvgIpc) is 2.54. The van der Waals surface area contributed by atoms with E-state index in [1.807, 2.05) is 24.3 Å². The Morgan fingerprint density at radius 3 is 2.32 bits per heavy atom. The summed E-state index contributed by atoms with van der Waals surface area (Å²) in [6, 6.07) is 11.0. The van der Waals surface area contributed by atoms with Gasteiger partial charge in [0.1, 0.15) is 0 Å². The van der Waals surface area contributed by atoms with E-state index in [4.69, 9.17) is 32.7 Å². The molecule has 0 atom stereocenters. The Hall–Kier alpha value is -1.91. The Kier molecular flexibility index (Phi) is 5.92. The quantitative estimate of drug-likeness (QED) is 0.636. The lowest BCUT2D eigenvalue weighted by atomic mass is 10.2. The average molecular weight is 339 g/mol. The van der Waals surface area contributed by atoms with Crippen LogP contribution in [0.15, 0.2) is 41.5 Å². The maximum absolute atomic E-state index is 6.18. The molecule has 0 aliphatic heterocycles. The molecule has 0 aromatic heterocycles. The van der Waals surface area contributed by atoms with Crippen molar-refractivity contribution in [2.45, 2.75) is 6.54 Å². The van der Waals surface area contributed by atoms with E-state index < -0.39 is 0 Å². The molecule has 1 N–H and O–H groups in total. The Labute approximate surface area is 139 Å². The molecule has 0 unspecified atom stereocenters. The van der Waals surface area contributed by atoms with E-state index in [0.29, 0.717) is 28.1 Å². The third kappa shape index (κ3) is 4.29. The molecular formula is C16H16Cl2N2O2. The summed E-state index contributed by atoms with van der Waals surface area (Å²) in [4.78, 5) is 0. The predicted molar refractivity (Wildman–Crippen MR) is 90.4 cm³/mol. The van der Waals surface area contributed by atoms with Crippen molar-refractivity contribution in [3.8, 4) is 11.5 Å². The summed E-state index contributed by atoms with van der Waals surface area (Å²) < 4.78 is 10.4. The monoisotopic (exact) mass is 338 g/mol. The molecule has 0 spiro atoms. The van der Waals surface area contributed by atoms with Crippen molar-refractivity contribution >= 4 is 29.4 Å². The van der Waals surface area contributed by atoms with Gasteiger partial charge in [-0.1, -0.05) is 35.3 Å². The van der Waals surface area contributed by atoms with E-state index in [1.165, 1.54) is 0 Å². The lowest BCUT2D eigenvalue weighted by Crippen LogP contribution is -2.05. The van der Waals surface area contributed by atoms with Gasteiger partial charge in [0.15, 0.2) is 11.5 Å². The molecule has 0 radical (unpaired) electrons. The number of hydrazone groups is 1. The number of nitrogens with one attached hydrogen (secondary N) is 1. The predicted octanol–water partition coefficient (Wildman–Crippen LogP) is 4.13. The highest BCUT2D eigenvalue weighted by Crippen LogP contribution is 2.32. The van der Waals surface area contributed by atoms with Gasteiger partial charge in [0.25, 0.3) is 0 Å². The van der Waals surface area contributed by atoms with E-state index in [2.05, 4.69) is 10.5 Å². The first-order valence-corrected chi connectivity index (χ1v) is 7.31. The molecule has 0 fully saturated rings. The molecule has 2 rings (SSSR count). The van der Waals surface area contributed by atoms with Crippen LogP contribution in [0.3, 0.4) is 0 Å². The molecule has 6 heteroatoms. The van der Waals surface area contributed by atoms with Crippen molar-refractivity contribution in [2.75, 3.05) is 14.2 Å². The number of hydrogen-bond donors (Lipinski definition) is 1. The van der Waals surface area contributed by atoms with Crippen LogP contribution in [0.4, 0.5) is 0 Å². The second kappa shape index (κ2) is 7.92. The first-order valence-electron chi connectivity index (χ1n) is 6.56. The van der Waals surface area contributed by atoms with E-state index in [-0.39, 0.29) is 0 Å². The number of ether oxygens (including phenoxy) is 2. The Bertz CT molecular complexity index is 658. The van der Waals surface area contributed by atoms with Gasteiger partial charge in [-0.15, -0.1) is 0 Å². The van der Waals surface area contributed by atoms with E-state index in [9.17, 15) is 0 Å². The van der Waals surface area contributed by atoms with Crippen LogP contribution >= 0.6 is 23.2 Å². The van der Waals surface area contributed by atoms with Gasteiger partial charge in [-0.2, -0.15) is 5.10 Å². The summed E-state index contributed by atoms with van der Waals surface area (Å²) in [5, 5.41) is 5.41. The molecular weight excluding hydrogens is 323 g/mol. The topological polar surface area (TPSA) is 42.8 Å². The third-order valence-corrected chi connectivity index (χ3v) is 3.57. The fourth-order valence-electron chi connectivity index (χ4n) is 1.82. The smallest absolute Gasteiger partial charge is 0.162 e. The lowest BCUT2D eigenvalue weighted by molar-refractivity contribution is 0.355. The maximum Gasteiger partial charge on any atom is 0.162 e. The molecule has 0 saturated carbocycles. The van der Waals surface area contributed by atoms with Crippen molar-refractivity contribution < 1.29 is 9.47 Å². The second-order valence-corrected chi connectivity index (χ2v) is 5.29. The van der Waals surface area contributed by atoms with Crippen molar-refractivity contribution in [3.05, 3.63) is 57.6 Å². The third-order valence-electron chi connectivity index (χ3n) is 2.99. The fraction of sp³-hybridized carbons (Fsp3) is 0.188. The maximum atomic E-state index is 6.18. The summed E-state index contributed by atoms with van der Waals surface area (Å²) >= 11 is 12.0. The van der Waals surface area contributed by atoms with Gasteiger partial charge >= 0.3 is 0 Å². The molecule has 0 bridgehead atoms. The summed E-state index contributed by atoms with van der Waals surface area (Å²) in [6.07, 6.45) is 1.64. The zero-order valence-electron chi connectivity index (χ0n) is 12.3. The van der Waals surface area contributed by atoms with Crippen LogP contribution in [0.5, 0.6) is 11.5 Å². The fourth-order valence-corrected chi connectivity index (χ4v) is 2.15. The molecule has 2 aromatic carbocycles. The highest BCUT2D eigenvalue weighted by atomic mass is 35.5. The van der Waals surface area contributed by atoms with Crippen LogP contribution in [0.25, 0.3) is 0 Å². The van der Waals surface area contributed by atoms with E-state index >= 15 is 0 Å². The highest BCUT2D eigenvalue weighted by molar-refractivity contribution is 6.33. The van der Waals surface area contributed by atoms with Gasteiger partial charge in [-0.05, 0) is 23.8 Å².